The van der Waals surface area contributed by atoms with Crippen molar-refractivity contribution < 1.29 is 13.2 Å². The molecule has 0 radical (unpaired) electrons. The van der Waals surface area contributed by atoms with Gasteiger partial charge in [0.05, 0.1) is 0 Å². The van der Waals surface area contributed by atoms with Gasteiger partial charge in [-0.2, -0.15) is 0 Å². The van der Waals surface area contributed by atoms with Crippen LogP contribution in [-0.4, -0.2) is 56.9 Å². The average Bonchev–Trinajstić information content (AvgIpc) is 2.52. The fourth-order valence-corrected chi connectivity index (χ4v) is 8.40. The van der Waals surface area contributed by atoms with Gasteiger partial charge < -0.3 is 10.2 Å². The van der Waals surface area contributed by atoms with Gasteiger partial charge in [-0.1, -0.05) is 0 Å². The van der Waals surface area contributed by atoms with Crippen LogP contribution in [0.3, 0.4) is 0 Å². The fraction of sp³-hybridized carbons (Fsp3) is 0.947. The lowest BCUT2D eigenvalue weighted by atomic mass is 9.49. The standard InChI is InChI=1S/C19H32N2O3S/c1-21(17(22)19(25(2,23)24)3-5-20-6-4-19)13-18-10-14-7-15(11-18)9-16(8-14)12-18/h14-16,20H,3-13H2,1-2H3. The first kappa shape index (κ1) is 17.8. The summed E-state index contributed by atoms with van der Waals surface area (Å²) in [5, 5.41) is 3.20. The third-order valence-corrected chi connectivity index (χ3v) is 9.60. The molecule has 142 valence electrons. The zero-order valence-corrected chi connectivity index (χ0v) is 16.4. The van der Waals surface area contributed by atoms with Crippen molar-refractivity contribution >= 4 is 15.7 Å². The van der Waals surface area contributed by atoms with Gasteiger partial charge in [-0.05, 0) is 87.6 Å². The molecule has 4 saturated carbocycles. The van der Waals surface area contributed by atoms with Crippen molar-refractivity contribution in [1.29, 1.82) is 0 Å². The highest BCUT2D eigenvalue weighted by molar-refractivity contribution is 7.92. The molecule has 0 spiro atoms. The number of hydrogen-bond acceptors (Lipinski definition) is 4. The first-order chi connectivity index (χ1) is 11.7. The van der Waals surface area contributed by atoms with E-state index in [4.69, 9.17) is 0 Å². The summed E-state index contributed by atoms with van der Waals surface area (Å²) in [6.45, 7) is 1.95. The van der Waals surface area contributed by atoms with Gasteiger partial charge in [0.15, 0.2) is 14.6 Å². The third-order valence-electron chi connectivity index (χ3n) is 7.60. The number of nitrogens with one attached hydrogen (secondary N) is 1. The normalized spacial score (nSPS) is 39.4. The van der Waals surface area contributed by atoms with Crippen molar-refractivity contribution in [2.24, 2.45) is 23.2 Å². The van der Waals surface area contributed by atoms with E-state index in [1.54, 1.807) is 4.90 Å². The largest absolute Gasteiger partial charge is 0.344 e. The molecule has 4 aliphatic carbocycles. The summed E-state index contributed by atoms with van der Waals surface area (Å²) in [7, 11) is -1.59. The average molecular weight is 369 g/mol. The van der Waals surface area contributed by atoms with E-state index in [9.17, 15) is 13.2 Å². The number of carbonyl (C=O) groups excluding carboxylic acids is 1. The Bertz CT molecular complexity index is 616. The summed E-state index contributed by atoms with van der Waals surface area (Å²) >= 11 is 0. The number of piperidine rings is 1. The van der Waals surface area contributed by atoms with Gasteiger partial charge in [0.2, 0.25) is 5.91 Å². The highest BCUT2D eigenvalue weighted by Crippen LogP contribution is 2.60. The second-order valence-corrected chi connectivity index (χ2v) is 11.9. The van der Waals surface area contributed by atoms with Crippen LogP contribution in [0, 0.1) is 23.2 Å². The van der Waals surface area contributed by atoms with Crippen LogP contribution in [0.5, 0.6) is 0 Å². The summed E-state index contributed by atoms with van der Waals surface area (Å²) in [6.07, 6.45) is 9.92. The van der Waals surface area contributed by atoms with Crippen LogP contribution in [0.25, 0.3) is 0 Å². The Balaban J connectivity index is 1.54. The molecule has 1 aliphatic heterocycles. The summed E-state index contributed by atoms with van der Waals surface area (Å²) in [5.41, 5.74) is 0.255. The summed E-state index contributed by atoms with van der Waals surface area (Å²) < 4.78 is 23.9. The molecule has 1 heterocycles. The molecule has 5 fully saturated rings. The molecule has 25 heavy (non-hydrogen) atoms. The Hall–Kier alpha value is -0.620. The van der Waals surface area contributed by atoms with Gasteiger partial charge in [-0.3, -0.25) is 4.79 Å². The van der Waals surface area contributed by atoms with Gasteiger partial charge in [0, 0.05) is 19.8 Å². The maximum Gasteiger partial charge on any atom is 0.243 e. The Labute approximate surface area is 151 Å². The van der Waals surface area contributed by atoms with Crippen molar-refractivity contribution in [3.63, 3.8) is 0 Å². The molecule has 0 aromatic heterocycles. The summed E-state index contributed by atoms with van der Waals surface area (Å²) in [6, 6.07) is 0. The van der Waals surface area contributed by atoms with Gasteiger partial charge in [0.1, 0.15) is 0 Å². The van der Waals surface area contributed by atoms with Gasteiger partial charge >= 0.3 is 0 Å². The Morgan fingerprint density at radius 2 is 1.52 bits per heavy atom. The third kappa shape index (κ3) is 2.93. The highest BCUT2D eigenvalue weighted by atomic mass is 32.2. The molecular weight excluding hydrogens is 336 g/mol. The SMILES string of the molecule is CN(CC12CC3CC(CC(C3)C1)C2)C(=O)C1(S(C)(=O)=O)CCNCC1. The molecule has 4 bridgehead atoms. The molecule has 6 heteroatoms. The Morgan fingerprint density at radius 1 is 1.04 bits per heavy atom. The van der Waals surface area contributed by atoms with Crippen molar-refractivity contribution in [2.45, 2.75) is 56.1 Å². The quantitative estimate of drug-likeness (QED) is 0.822. The van der Waals surface area contributed by atoms with E-state index < -0.39 is 14.6 Å². The first-order valence-electron chi connectivity index (χ1n) is 9.89. The van der Waals surface area contributed by atoms with Crippen LogP contribution < -0.4 is 5.32 Å². The maximum absolute atomic E-state index is 13.3. The molecule has 0 unspecified atom stereocenters. The monoisotopic (exact) mass is 368 g/mol. The minimum atomic E-state index is -3.43. The smallest absolute Gasteiger partial charge is 0.243 e. The van der Waals surface area contributed by atoms with E-state index >= 15 is 0 Å². The zero-order valence-electron chi connectivity index (χ0n) is 15.6. The van der Waals surface area contributed by atoms with E-state index in [1.807, 2.05) is 7.05 Å². The molecule has 0 aromatic rings. The van der Waals surface area contributed by atoms with Crippen molar-refractivity contribution in [3.05, 3.63) is 0 Å². The van der Waals surface area contributed by atoms with Gasteiger partial charge in [-0.15, -0.1) is 0 Å². The second kappa shape index (κ2) is 5.95. The Kier molecular flexibility index (Phi) is 4.23. The van der Waals surface area contributed by atoms with Crippen molar-refractivity contribution in [2.75, 3.05) is 32.9 Å². The number of hydrogen-bond donors (Lipinski definition) is 1. The molecule has 1 N–H and O–H groups in total. The van der Waals surface area contributed by atoms with Gasteiger partial charge in [-0.25, -0.2) is 8.42 Å². The maximum atomic E-state index is 13.3. The number of rotatable bonds is 4. The molecular formula is C19H32N2O3S. The van der Waals surface area contributed by atoms with Crippen LogP contribution in [0.4, 0.5) is 0 Å². The number of sulfone groups is 1. The molecule has 0 atom stereocenters. The van der Waals surface area contributed by atoms with E-state index in [0.717, 1.165) is 24.3 Å². The molecule has 0 aromatic carbocycles. The van der Waals surface area contributed by atoms with Gasteiger partial charge in [0.25, 0.3) is 0 Å². The minimum absolute atomic E-state index is 0.160. The molecule has 5 rings (SSSR count). The van der Waals surface area contributed by atoms with E-state index in [-0.39, 0.29) is 11.3 Å². The topological polar surface area (TPSA) is 66.5 Å². The number of amides is 1. The van der Waals surface area contributed by atoms with Crippen LogP contribution in [0.15, 0.2) is 0 Å². The van der Waals surface area contributed by atoms with Crippen LogP contribution in [0.1, 0.15) is 51.4 Å². The van der Waals surface area contributed by atoms with Crippen LogP contribution >= 0.6 is 0 Å². The summed E-state index contributed by atoms with van der Waals surface area (Å²) in [4.78, 5) is 15.1. The number of carbonyl (C=O) groups is 1. The molecule has 1 saturated heterocycles. The molecule has 5 aliphatic rings. The Morgan fingerprint density at radius 3 is 1.96 bits per heavy atom. The predicted octanol–water partition coefficient (Wildman–Crippen LogP) is 1.83. The van der Waals surface area contributed by atoms with Crippen LogP contribution in [0.2, 0.25) is 0 Å². The van der Waals surface area contributed by atoms with Crippen molar-refractivity contribution in [1.82, 2.24) is 10.2 Å². The zero-order chi connectivity index (χ0) is 17.9. The van der Waals surface area contributed by atoms with E-state index in [1.165, 1.54) is 44.8 Å². The predicted molar refractivity (Wildman–Crippen MR) is 97.9 cm³/mol. The second-order valence-electron chi connectivity index (χ2n) is 9.60. The number of nitrogens with zero attached hydrogens (tertiary/aromatic N) is 1. The van der Waals surface area contributed by atoms with Crippen LogP contribution in [-0.2, 0) is 14.6 Å². The lowest BCUT2D eigenvalue weighted by molar-refractivity contribution is -0.138. The van der Waals surface area contributed by atoms with E-state index in [2.05, 4.69) is 5.32 Å². The lowest BCUT2D eigenvalue weighted by Gasteiger charge is -2.58. The summed E-state index contributed by atoms with van der Waals surface area (Å²) in [5.74, 6) is 2.37. The minimum Gasteiger partial charge on any atom is -0.344 e. The highest BCUT2D eigenvalue weighted by Gasteiger charge is 2.54. The molecule has 5 nitrogen and oxygen atoms in total. The van der Waals surface area contributed by atoms with E-state index in [0.29, 0.717) is 25.9 Å². The molecule has 1 amide bonds. The first-order valence-corrected chi connectivity index (χ1v) is 11.8. The van der Waals surface area contributed by atoms with Crippen molar-refractivity contribution in [3.8, 4) is 0 Å². The lowest BCUT2D eigenvalue weighted by Crippen LogP contribution is -2.60. The fourth-order valence-electron chi connectivity index (χ4n) is 6.98.